The van der Waals surface area contributed by atoms with Crippen molar-refractivity contribution < 1.29 is 52.4 Å². The highest BCUT2D eigenvalue weighted by Gasteiger charge is 2.52. The standard InChI is InChI=1S/C25H31NO11/c1-15(27)26-20-11-12-25(24(31)32-5,34-13-19-9-7-6-8-10-19)37-22(20)23(36-18(4)30)21(35-17(3)29)14-33-16(2)28/h6-12,20-23H,13-14H2,1-5H3,(H,26,27). The van der Waals surface area contributed by atoms with Crippen LogP contribution in [0.4, 0.5) is 0 Å². The molecule has 1 aliphatic heterocycles. The van der Waals surface area contributed by atoms with Crippen molar-refractivity contribution in [2.45, 2.75) is 64.4 Å². The Labute approximate surface area is 214 Å². The van der Waals surface area contributed by atoms with Gasteiger partial charge in [0.1, 0.15) is 12.7 Å². The second-order valence-electron chi connectivity index (χ2n) is 8.13. The molecular formula is C25H31NO11. The fraction of sp³-hybridized carbons (Fsp3) is 0.480. The Morgan fingerprint density at radius 3 is 2.16 bits per heavy atom. The summed E-state index contributed by atoms with van der Waals surface area (Å²) in [6, 6.07) is 7.94. The van der Waals surface area contributed by atoms with Crippen LogP contribution in [0.3, 0.4) is 0 Å². The maximum atomic E-state index is 12.9. The zero-order valence-corrected chi connectivity index (χ0v) is 21.3. The number of nitrogens with one attached hydrogen (secondary N) is 1. The third kappa shape index (κ3) is 8.69. The summed E-state index contributed by atoms with van der Waals surface area (Å²) in [6.45, 7) is 4.04. The fourth-order valence-corrected chi connectivity index (χ4v) is 3.61. The molecule has 1 heterocycles. The highest BCUT2D eigenvalue weighted by Crippen LogP contribution is 2.31. The normalized spacial score (nSPS) is 22.2. The van der Waals surface area contributed by atoms with Crippen LogP contribution >= 0.6 is 0 Å². The van der Waals surface area contributed by atoms with E-state index in [1.165, 1.54) is 19.1 Å². The first-order valence-electron chi connectivity index (χ1n) is 11.4. The summed E-state index contributed by atoms with van der Waals surface area (Å²) in [5.74, 6) is -5.77. The predicted octanol–water partition coefficient (Wildman–Crippen LogP) is 0.959. The molecule has 5 unspecified atom stereocenters. The van der Waals surface area contributed by atoms with Crippen molar-refractivity contribution in [2.24, 2.45) is 0 Å². The number of benzene rings is 1. The minimum atomic E-state index is -2.12. The number of carbonyl (C=O) groups excluding carboxylic acids is 5. The van der Waals surface area contributed by atoms with Gasteiger partial charge < -0.3 is 33.7 Å². The maximum absolute atomic E-state index is 12.9. The van der Waals surface area contributed by atoms with Crippen LogP contribution in [-0.4, -0.2) is 73.6 Å². The molecule has 0 saturated carbocycles. The van der Waals surface area contributed by atoms with Crippen molar-refractivity contribution >= 4 is 29.8 Å². The SMILES string of the molecule is COC(=O)C1(OCc2ccccc2)C=CC(NC(C)=O)C(C(OC(C)=O)C(COC(C)=O)OC(C)=O)O1. The summed E-state index contributed by atoms with van der Waals surface area (Å²) in [7, 11) is 1.13. The summed E-state index contributed by atoms with van der Waals surface area (Å²) >= 11 is 0. The highest BCUT2D eigenvalue weighted by molar-refractivity contribution is 5.81. The zero-order valence-electron chi connectivity index (χ0n) is 21.3. The number of amides is 1. The number of hydrogen-bond acceptors (Lipinski definition) is 11. The minimum absolute atomic E-state index is 0.0726. The molecule has 0 bridgehead atoms. The smallest absolute Gasteiger partial charge is 0.371 e. The predicted molar refractivity (Wildman–Crippen MR) is 125 cm³/mol. The molecule has 0 aliphatic carbocycles. The first-order chi connectivity index (χ1) is 17.5. The summed E-state index contributed by atoms with van der Waals surface area (Å²) in [5, 5.41) is 2.63. The number of carbonyl (C=O) groups is 5. The fourth-order valence-electron chi connectivity index (χ4n) is 3.61. The monoisotopic (exact) mass is 521 g/mol. The topological polar surface area (TPSA) is 153 Å². The van der Waals surface area contributed by atoms with Crippen LogP contribution in [0, 0.1) is 0 Å². The number of hydrogen-bond donors (Lipinski definition) is 1. The number of ether oxygens (including phenoxy) is 6. The molecule has 1 amide bonds. The van der Waals surface area contributed by atoms with Crippen molar-refractivity contribution in [2.75, 3.05) is 13.7 Å². The quantitative estimate of drug-likeness (QED) is 0.252. The van der Waals surface area contributed by atoms with Crippen LogP contribution in [0.2, 0.25) is 0 Å². The third-order valence-electron chi connectivity index (χ3n) is 5.08. The van der Waals surface area contributed by atoms with E-state index in [0.717, 1.165) is 27.9 Å². The van der Waals surface area contributed by atoms with Gasteiger partial charge in [0, 0.05) is 27.7 Å². The number of methoxy groups -OCH3 is 1. The van der Waals surface area contributed by atoms with Gasteiger partial charge in [-0.25, -0.2) is 4.79 Å². The van der Waals surface area contributed by atoms with Crippen LogP contribution in [-0.2, 0) is 59.0 Å². The first-order valence-corrected chi connectivity index (χ1v) is 11.4. The molecule has 5 atom stereocenters. The van der Waals surface area contributed by atoms with Crippen LogP contribution in [0.1, 0.15) is 33.3 Å². The van der Waals surface area contributed by atoms with E-state index in [1.807, 2.05) is 6.07 Å². The van der Waals surface area contributed by atoms with Crippen LogP contribution in [0.25, 0.3) is 0 Å². The molecule has 202 valence electrons. The van der Waals surface area contributed by atoms with Crippen molar-refractivity contribution in [3.05, 3.63) is 48.0 Å². The number of rotatable bonds is 11. The van der Waals surface area contributed by atoms with Gasteiger partial charge in [-0.3, -0.25) is 19.2 Å². The average Bonchev–Trinajstić information content (AvgIpc) is 2.84. The largest absolute Gasteiger partial charge is 0.465 e. The van der Waals surface area contributed by atoms with E-state index in [0.29, 0.717) is 5.56 Å². The Morgan fingerprint density at radius 1 is 0.973 bits per heavy atom. The van der Waals surface area contributed by atoms with Gasteiger partial charge in [0.25, 0.3) is 5.79 Å². The average molecular weight is 522 g/mol. The molecule has 37 heavy (non-hydrogen) atoms. The maximum Gasteiger partial charge on any atom is 0.371 e. The zero-order chi connectivity index (χ0) is 27.6. The second kappa shape index (κ2) is 13.5. The van der Waals surface area contributed by atoms with Crippen LogP contribution in [0.5, 0.6) is 0 Å². The highest BCUT2D eigenvalue weighted by atomic mass is 16.7. The minimum Gasteiger partial charge on any atom is -0.465 e. The first kappa shape index (κ1) is 29.5. The molecule has 0 fully saturated rings. The van der Waals surface area contributed by atoms with Gasteiger partial charge in [-0.15, -0.1) is 0 Å². The third-order valence-corrected chi connectivity index (χ3v) is 5.08. The lowest BCUT2D eigenvalue weighted by Gasteiger charge is -2.42. The van der Waals surface area contributed by atoms with Gasteiger partial charge in [0.15, 0.2) is 12.2 Å². The summed E-state index contributed by atoms with van der Waals surface area (Å²) in [5.41, 5.74) is 0.715. The molecule has 12 heteroatoms. The molecule has 0 radical (unpaired) electrons. The van der Waals surface area contributed by atoms with Crippen molar-refractivity contribution in [3.8, 4) is 0 Å². The molecule has 0 spiro atoms. The Morgan fingerprint density at radius 2 is 1.62 bits per heavy atom. The van der Waals surface area contributed by atoms with Gasteiger partial charge >= 0.3 is 23.9 Å². The van der Waals surface area contributed by atoms with Crippen molar-refractivity contribution in [1.29, 1.82) is 0 Å². The molecular weight excluding hydrogens is 490 g/mol. The molecule has 0 aromatic heterocycles. The van der Waals surface area contributed by atoms with E-state index in [1.54, 1.807) is 24.3 Å². The second-order valence-corrected chi connectivity index (χ2v) is 8.13. The van der Waals surface area contributed by atoms with Gasteiger partial charge in [-0.2, -0.15) is 0 Å². The molecule has 1 aliphatic rings. The van der Waals surface area contributed by atoms with Gasteiger partial charge in [0.05, 0.1) is 19.8 Å². The van der Waals surface area contributed by atoms with Gasteiger partial charge in [-0.05, 0) is 11.6 Å². The molecule has 1 N–H and O–H groups in total. The lowest BCUT2D eigenvalue weighted by atomic mass is 9.95. The summed E-state index contributed by atoms with van der Waals surface area (Å²) in [4.78, 5) is 60.2. The Hall–Kier alpha value is -3.77. The van der Waals surface area contributed by atoms with Crippen molar-refractivity contribution in [1.82, 2.24) is 5.32 Å². The van der Waals surface area contributed by atoms with Gasteiger partial charge in [0.2, 0.25) is 5.91 Å². The Bertz CT molecular complexity index is 1010. The molecule has 2 rings (SSSR count). The lowest BCUT2D eigenvalue weighted by molar-refractivity contribution is -0.269. The van der Waals surface area contributed by atoms with Gasteiger partial charge in [-0.1, -0.05) is 36.4 Å². The van der Waals surface area contributed by atoms with E-state index >= 15 is 0 Å². The molecule has 0 saturated heterocycles. The van der Waals surface area contributed by atoms with E-state index < -0.39 is 66.5 Å². The Balaban J connectivity index is 2.54. The van der Waals surface area contributed by atoms with E-state index in [4.69, 9.17) is 28.4 Å². The molecule has 1 aromatic rings. The van der Waals surface area contributed by atoms with Crippen LogP contribution in [0.15, 0.2) is 42.5 Å². The van der Waals surface area contributed by atoms with E-state index in [2.05, 4.69) is 5.32 Å². The number of esters is 4. The summed E-state index contributed by atoms with van der Waals surface area (Å²) in [6.07, 6.45) is -1.47. The van der Waals surface area contributed by atoms with Crippen molar-refractivity contribution in [3.63, 3.8) is 0 Å². The van der Waals surface area contributed by atoms with E-state index in [-0.39, 0.29) is 6.61 Å². The molecule has 1 aromatic carbocycles. The summed E-state index contributed by atoms with van der Waals surface area (Å²) < 4.78 is 32.6. The molecule has 12 nitrogen and oxygen atoms in total. The Kier molecular flexibility index (Phi) is 10.8. The lowest BCUT2D eigenvalue weighted by Crippen LogP contribution is -2.62. The van der Waals surface area contributed by atoms with E-state index in [9.17, 15) is 24.0 Å². The van der Waals surface area contributed by atoms with Crippen LogP contribution < -0.4 is 5.32 Å².